The van der Waals surface area contributed by atoms with Crippen LogP contribution in [0.1, 0.15) is 40.7 Å². The van der Waals surface area contributed by atoms with E-state index in [1.807, 2.05) is 6.20 Å². The number of ketones is 1. The maximum atomic E-state index is 14.2. The average molecular weight is 669 g/mol. The summed E-state index contributed by atoms with van der Waals surface area (Å²) in [6, 6.07) is 8.63. The van der Waals surface area contributed by atoms with E-state index in [0.717, 1.165) is 37.3 Å². The number of nitrogens with zero attached hydrogens (tertiary/aromatic N) is 5. The first-order valence-corrected chi connectivity index (χ1v) is 15.7. The zero-order chi connectivity index (χ0) is 33.8. The second kappa shape index (κ2) is 11.8. The Morgan fingerprint density at radius 3 is 2.42 bits per heavy atom. The highest BCUT2D eigenvalue weighted by molar-refractivity contribution is 6.17. The van der Waals surface area contributed by atoms with Gasteiger partial charge in [-0.05, 0) is 47.7 Å². The maximum absolute atomic E-state index is 14.2. The van der Waals surface area contributed by atoms with Gasteiger partial charge in [-0.3, -0.25) is 28.9 Å². The first kappa shape index (κ1) is 31.9. The van der Waals surface area contributed by atoms with Crippen molar-refractivity contribution in [3.63, 3.8) is 0 Å². The number of Topliss-reactive ketones (excluding diaryl/α,β-unsaturated/α-hetero) is 1. The Hall–Kier alpha value is -4.63. The zero-order valence-electron chi connectivity index (χ0n) is 25.8. The molecule has 252 valence electrons. The molecular formula is C33H32F4N6O5. The van der Waals surface area contributed by atoms with Crippen LogP contribution in [-0.4, -0.2) is 99.2 Å². The van der Waals surface area contributed by atoms with Gasteiger partial charge in [0.15, 0.2) is 11.3 Å². The smallest absolute Gasteiger partial charge is 0.379 e. The number of amides is 4. The molecule has 3 fully saturated rings. The first-order chi connectivity index (χ1) is 22.9. The van der Waals surface area contributed by atoms with E-state index >= 15 is 0 Å². The van der Waals surface area contributed by atoms with Crippen LogP contribution in [0.25, 0.3) is 11.1 Å². The van der Waals surface area contributed by atoms with Gasteiger partial charge in [-0.1, -0.05) is 24.3 Å². The molecule has 0 unspecified atom stereocenters. The number of alkyl halides is 3. The average Bonchev–Trinajstić information content (AvgIpc) is 3.59. The fraction of sp³-hybridized carbons (Fsp3) is 0.424. The molecule has 1 atom stereocenters. The second-order valence-electron chi connectivity index (χ2n) is 12.7. The quantitative estimate of drug-likeness (QED) is 0.274. The van der Waals surface area contributed by atoms with Crippen molar-refractivity contribution in [2.24, 2.45) is 0 Å². The summed E-state index contributed by atoms with van der Waals surface area (Å²) < 4.78 is 63.3. The molecule has 3 heterocycles. The molecule has 15 heteroatoms. The van der Waals surface area contributed by atoms with Crippen LogP contribution in [0.3, 0.4) is 0 Å². The molecule has 0 bridgehead atoms. The minimum absolute atomic E-state index is 0.224. The van der Waals surface area contributed by atoms with E-state index in [2.05, 4.69) is 15.3 Å². The summed E-state index contributed by atoms with van der Waals surface area (Å²) >= 11 is 0. The highest BCUT2D eigenvalue weighted by atomic mass is 19.4. The minimum Gasteiger partial charge on any atom is -0.379 e. The summed E-state index contributed by atoms with van der Waals surface area (Å²) in [5.74, 6) is -2.98. The number of halogens is 4. The van der Waals surface area contributed by atoms with Crippen LogP contribution in [0.2, 0.25) is 0 Å². The Morgan fingerprint density at radius 2 is 1.73 bits per heavy atom. The number of hydrogen-bond acceptors (Lipinski definition) is 7. The van der Waals surface area contributed by atoms with E-state index in [9.17, 15) is 36.7 Å². The topological polar surface area (TPSA) is 117 Å². The molecule has 2 aromatic carbocycles. The van der Waals surface area contributed by atoms with Gasteiger partial charge in [-0.2, -0.15) is 18.3 Å². The second-order valence-corrected chi connectivity index (χ2v) is 12.7. The molecule has 1 saturated carbocycles. The van der Waals surface area contributed by atoms with Gasteiger partial charge in [-0.25, -0.2) is 9.18 Å². The van der Waals surface area contributed by atoms with Crippen LogP contribution in [-0.2, 0) is 33.0 Å². The standard InChI is InChI=1S/C33H32F4N6O5/c34-24-4-1-21(2-5-24)18-43(31(7-8-31)33(35,36)37)28(45)20-42-29(46)32(39-30(42)47)16-27(44)25-15-22(3-6-26(25)32)23-17-38-41(19-23)10-9-40-11-13-48-14-12-40/h1-6,15,17,19H,7-14,16,18,20H2,(H,39,47)/t32-/m0/s1. The minimum atomic E-state index is -4.77. The van der Waals surface area contributed by atoms with Crippen LogP contribution in [0.5, 0.6) is 0 Å². The summed E-state index contributed by atoms with van der Waals surface area (Å²) in [6.45, 7) is 3.10. The molecule has 7 rings (SSSR count). The van der Waals surface area contributed by atoms with Crippen LogP contribution >= 0.6 is 0 Å². The molecule has 1 N–H and O–H groups in total. The van der Waals surface area contributed by atoms with Gasteiger partial charge < -0.3 is 15.0 Å². The molecule has 11 nitrogen and oxygen atoms in total. The number of imide groups is 1. The van der Waals surface area contributed by atoms with Gasteiger partial charge in [0, 0.05) is 49.9 Å². The SMILES string of the molecule is O=C1C[C@]2(NC(=O)N(CC(=O)N(Cc3ccc(F)cc3)C3(C(F)(F)F)CC3)C2=O)c2ccc(-c3cnn(CCN4CCOCC4)c3)cc21. The normalized spacial score (nSPS) is 21.9. The maximum Gasteiger partial charge on any atom is 0.411 e. The summed E-state index contributed by atoms with van der Waals surface area (Å²) in [7, 11) is 0. The van der Waals surface area contributed by atoms with Crippen LogP contribution in [0.15, 0.2) is 54.9 Å². The van der Waals surface area contributed by atoms with Gasteiger partial charge in [-0.15, -0.1) is 0 Å². The lowest BCUT2D eigenvalue weighted by molar-refractivity contribution is -0.202. The number of ether oxygens (including phenoxy) is 1. The number of aromatic nitrogens is 2. The third-order valence-corrected chi connectivity index (χ3v) is 9.71. The van der Waals surface area contributed by atoms with E-state index in [4.69, 9.17) is 4.74 Å². The van der Waals surface area contributed by atoms with Gasteiger partial charge in [0.25, 0.3) is 5.91 Å². The molecule has 0 radical (unpaired) electrons. The number of carbonyl (C=O) groups excluding carboxylic acids is 4. The lowest BCUT2D eigenvalue weighted by Crippen LogP contribution is -2.54. The van der Waals surface area contributed by atoms with Crippen LogP contribution < -0.4 is 5.32 Å². The molecule has 2 saturated heterocycles. The predicted octanol–water partition coefficient (Wildman–Crippen LogP) is 3.48. The van der Waals surface area contributed by atoms with E-state index in [-0.39, 0.29) is 29.5 Å². The third-order valence-electron chi connectivity index (χ3n) is 9.71. The number of nitrogens with one attached hydrogen (secondary N) is 1. The van der Waals surface area contributed by atoms with Crippen molar-refractivity contribution in [1.29, 1.82) is 0 Å². The van der Waals surface area contributed by atoms with E-state index in [0.29, 0.717) is 35.1 Å². The van der Waals surface area contributed by atoms with Crippen molar-refractivity contribution >= 4 is 23.6 Å². The fourth-order valence-electron chi connectivity index (χ4n) is 6.83. The Kier molecular flexibility index (Phi) is 7.86. The first-order valence-electron chi connectivity index (χ1n) is 15.7. The van der Waals surface area contributed by atoms with E-state index in [1.54, 1.807) is 29.1 Å². The molecule has 4 aliphatic rings. The van der Waals surface area contributed by atoms with Crippen molar-refractivity contribution in [1.82, 2.24) is 29.8 Å². The molecule has 2 aliphatic carbocycles. The highest BCUT2D eigenvalue weighted by Crippen LogP contribution is 2.54. The van der Waals surface area contributed by atoms with Gasteiger partial charge in [0.1, 0.15) is 17.9 Å². The van der Waals surface area contributed by atoms with Crippen LogP contribution in [0, 0.1) is 5.82 Å². The van der Waals surface area contributed by atoms with Crippen molar-refractivity contribution in [3.05, 3.63) is 77.4 Å². The lowest BCUT2D eigenvalue weighted by atomic mass is 9.90. The number of urea groups is 1. The third kappa shape index (κ3) is 5.53. The zero-order valence-corrected chi connectivity index (χ0v) is 25.8. The molecule has 1 spiro atoms. The summed E-state index contributed by atoms with van der Waals surface area (Å²) in [5.41, 5.74) is -2.08. The number of fused-ring (bicyclic) bond motifs is 2. The van der Waals surface area contributed by atoms with Gasteiger partial charge in [0.05, 0.1) is 26.0 Å². The molecule has 4 amide bonds. The van der Waals surface area contributed by atoms with Crippen molar-refractivity contribution in [2.75, 3.05) is 39.4 Å². The van der Waals surface area contributed by atoms with E-state index in [1.165, 1.54) is 12.1 Å². The van der Waals surface area contributed by atoms with E-state index < -0.39 is 66.2 Å². The largest absolute Gasteiger partial charge is 0.411 e. The molecular weight excluding hydrogens is 636 g/mol. The van der Waals surface area contributed by atoms with Gasteiger partial charge in [0.2, 0.25) is 5.91 Å². The number of morpholine rings is 1. The summed E-state index contributed by atoms with van der Waals surface area (Å²) in [5, 5.41) is 7.00. The Labute approximate surface area is 272 Å². The lowest BCUT2D eigenvalue weighted by Gasteiger charge is -2.34. The number of rotatable bonds is 9. The number of carbonyl (C=O) groups is 4. The number of hydrogen-bond donors (Lipinski definition) is 1. The predicted molar refractivity (Wildman–Crippen MR) is 161 cm³/mol. The summed E-state index contributed by atoms with van der Waals surface area (Å²) in [4.78, 5) is 57.3. The Morgan fingerprint density at radius 1 is 1.00 bits per heavy atom. The molecule has 3 aromatic rings. The van der Waals surface area contributed by atoms with Crippen molar-refractivity contribution in [3.8, 4) is 11.1 Å². The highest BCUT2D eigenvalue weighted by Gasteiger charge is 2.68. The van der Waals surface area contributed by atoms with Crippen LogP contribution in [0.4, 0.5) is 22.4 Å². The fourth-order valence-corrected chi connectivity index (χ4v) is 6.83. The molecule has 48 heavy (non-hydrogen) atoms. The van der Waals surface area contributed by atoms with Crippen molar-refractivity contribution < 1.29 is 41.5 Å². The Balaban J connectivity index is 1.09. The Bertz CT molecular complexity index is 1780. The molecule has 1 aromatic heterocycles. The van der Waals surface area contributed by atoms with Crippen molar-refractivity contribution in [2.45, 2.75) is 49.6 Å². The summed E-state index contributed by atoms with van der Waals surface area (Å²) in [6.07, 6.45) is -2.31. The van der Waals surface area contributed by atoms with Gasteiger partial charge >= 0.3 is 12.2 Å². The number of benzene rings is 2. The monoisotopic (exact) mass is 668 g/mol. The molecule has 2 aliphatic heterocycles.